The average Bonchev–Trinajstić information content (AvgIpc) is 2.48. The first-order valence-corrected chi connectivity index (χ1v) is 6.07. The van der Waals surface area contributed by atoms with Crippen LogP contribution < -0.4 is 9.64 Å². The topological polar surface area (TPSA) is 36.3 Å². The van der Waals surface area contributed by atoms with Gasteiger partial charge in [-0.2, -0.15) is 5.26 Å². The molecule has 2 rings (SSSR count). The van der Waals surface area contributed by atoms with Crippen LogP contribution in [0.2, 0.25) is 0 Å². The van der Waals surface area contributed by atoms with Gasteiger partial charge >= 0.3 is 0 Å². The van der Waals surface area contributed by atoms with Crippen LogP contribution in [0.3, 0.4) is 0 Å². The van der Waals surface area contributed by atoms with Crippen molar-refractivity contribution >= 4 is 5.69 Å². The molecule has 0 heterocycles. The Kier molecular flexibility index (Phi) is 4.04. The Morgan fingerprint density at radius 2 is 1.68 bits per heavy atom. The summed E-state index contributed by atoms with van der Waals surface area (Å²) in [6.45, 7) is 0.804. The summed E-state index contributed by atoms with van der Waals surface area (Å²) in [7, 11) is 3.70. The van der Waals surface area contributed by atoms with Crippen molar-refractivity contribution in [3.05, 3.63) is 59.7 Å². The molecule has 0 aliphatic heterocycles. The predicted octanol–water partition coefficient (Wildman–Crippen LogP) is 3.20. The Labute approximate surface area is 113 Å². The molecule has 0 atom stereocenters. The van der Waals surface area contributed by atoms with Crippen LogP contribution >= 0.6 is 0 Å². The van der Waals surface area contributed by atoms with E-state index in [0.29, 0.717) is 5.56 Å². The van der Waals surface area contributed by atoms with Crippen LogP contribution in [0.5, 0.6) is 5.75 Å². The van der Waals surface area contributed by atoms with E-state index in [9.17, 15) is 0 Å². The van der Waals surface area contributed by atoms with Gasteiger partial charge < -0.3 is 9.64 Å². The molecule has 0 bridgehead atoms. The normalized spacial score (nSPS) is 9.74. The Hall–Kier alpha value is -2.47. The Bertz CT molecular complexity index is 567. The number of nitriles is 1. The number of anilines is 1. The molecule has 96 valence electrons. The lowest BCUT2D eigenvalue weighted by molar-refractivity contribution is 0.415. The standard InChI is InChI=1S/C16H16N2O/c1-18(15-7-9-16(19-2)10-8-15)12-14-5-3-13(11-17)4-6-14/h3-10H,12H2,1-2H3. The van der Waals surface area contributed by atoms with Crippen molar-refractivity contribution in [2.24, 2.45) is 0 Å². The lowest BCUT2D eigenvalue weighted by atomic mass is 10.1. The van der Waals surface area contributed by atoms with Crippen molar-refractivity contribution in [2.75, 3.05) is 19.1 Å². The van der Waals surface area contributed by atoms with Crippen LogP contribution in [0.25, 0.3) is 0 Å². The highest BCUT2D eigenvalue weighted by Gasteiger charge is 2.02. The van der Waals surface area contributed by atoms with Crippen molar-refractivity contribution in [1.82, 2.24) is 0 Å². The molecular weight excluding hydrogens is 236 g/mol. The molecule has 2 aromatic carbocycles. The molecule has 3 nitrogen and oxygen atoms in total. The Balaban J connectivity index is 2.06. The molecule has 0 saturated carbocycles. The maximum absolute atomic E-state index is 8.77. The zero-order valence-electron chi connectivity index (χ0n) is 11.1. The molecule has 0 spiro atoms. The number of hydrogen-bond acceptors (Lipinski definition) is 3. The molecule has 0 saturated heterocycles. The third kappa shape index (κ3) is 3.26. The highest BCUT2D eigenvalue weighted by molar-refractivity contribution is 5.49. The van der Waals surface area contributed by atoms with E-state index in [1.54, 1.807) is 7.11 Å². The summed E-state index contributed by atoms with van der Waals surface area (Å²) in [5.74, 6) is 0.857. The molecule has 0 aliphatic rings. The van der Waals surface area contributed by atoms with Gasteiger partial charge in [0.05, 0.1) is 18.7 Å². The van der Waals surface area contributed by atoms with Gasteiger partial charge in [0.1, 0.15) is 5.75 Å². The largest absolute Gasteiger partial charge is 0.497 e. The molecule has 0 aromatic heterocycles. The van der Waals surface area contributed by atoms with Crippen molar-refractivity contribution in [1.29, 1.82) is 5.26 Å². The van der Waals surface area contributed by atoms with Gasteiger partial charge in [0.2, 0.25) is 0 Å². The van der Waals surface area contributed by atoms with Crippen LogP contribution in [0.15, 0.2) is 48.5 Å². The second-order valence-electron chi connectivity index (χ2n) is 4.36. The van der Waals surface area contributed by atoms with Gasteiger partial charge in [0, 0.05) is 19.3 Å². The number of ether oxygens (including phenoxy) is 1. The third-order valence-corrected chi connectivity index (χ3v) is 3.02. The molecule has 2 aromatic rings. The van der Waals surface area contributed by atoms with Crippen LogP contribution in [-0.2, 0) is 6.54 Å². The van der Waals surface area contributed by atoms with E-state index in [1.165, 1.54) is 5.56 Å². The van der Waals surface area contributed by atoms with Gasteiger partial charge in [-0.05, 0) is 42.0 Å². The first-order chi connectivity index (χ1) is 9.22. The first kappa shape index (κ1) is 13.0. The summed E-state index contributed by atoms with van der Waals surface area (Å²) < 4.78 is 5.14. The van der Waals surface area contributed by atoms with Crippen LogP contribution in [0.1, 0.15) is 11.1 Å². The Morgan fingerprint density at radius 3 is 2.21 bits per heavy atom. The van der Waals surface area contributed by atoms with Gasteiger partial charge in [0.15, 0.2) is 0 Å². The monoisotopic (exact) mass is 252 g/mol. The molecule has 0 aliphatic carbocycles. The number of rotatable bonds is 4. The van der Waals surface area contributed by atoms with Crippen LogP contribution in [0.4, 0.5) is 5.69 Å². The summed E-state index contributed by atoms with van der Waals surface area (Å²) in [5.41, 5.74) is 3.00. The van der Waals surface area contributed by atoms with E-state index < -0.39 is 0 Å². The SMILES string of the molecule is COc1ccc(N(C)Cc2ccc(C#N)cc2)cc1. The van der Waals surface area contributed by atoms with E-state index in [0.717, 1.165) is 18.0 Å². The number of methoxy groups -OCH3 is 1. The van der Waals surface area contributed by atoms with Crippen molar-refractivity contribution in [3.8, 4) is 11.8 Å². The summed E-state index contributed by atoms with van der Waals surface area (Å²) in [6.07, 6.45) is 0. The maximum atomic E-state index is 8.77. The van der Waals surface area contributed by atoms with Gasteiger partial charge in [-0.1, -0.05) is 12.1 Å². The van der Waals surface area contributed by atoms with Crippen molar-refractivity contribution in [2.45, 2.75) is 6.54 Å². The molecule has 0 unspecified atom stereocenters. The van der Waals surface area contributed by atoms with Gasteiger partial charge in [-0.15, -0.1) is 0 Å². The van der Waals surface area contributed by atoms with Gasteiger partial charge in [0.25, 0.3) is 0 Å². The van der Waals surface area contributed by atoms with E-state index in [1.807, 2.05) is 55.6 Å². The molecule has 0 amide bonds. The van der Waals surface area contributed by atoms with E-state index >= 15 is 0 Å². The smallest absolute Gasteiger partial charge is 0.119 e. The summed E-state index contributed by atoms with van der Waals surface area (Å²) in [5, 5.41) is 8.77. The highest BCUT2D eigenvalue weighted by Crippen LogP contribution is 2.19. The van der Waals surface area contributed by atoms with Gasteiger partial charge in [-0.25, -0.2) is 0 Å². The lowest BCUT2D eigenvalue weighted by Gasteiger charge is -2.19. The number of benzene rings is 2. The minimum atomic E-state index is 0.691. The van der Waals surface area contributed by atoms with Crippen LogP contribution in [-0.4, -0.2) is 14.2 Å². The second-order valence-corrected chi connectivity index (χ2v) is 4.36. The minimum Gasteiger partial charge on any atom is -0.497 e. The highest BCUT2D eigenvalue weighted by atomic mass is 16.5. The second kappa shape index (κ2) is 5.92. The van der Waals surface area contributed by atoms with Crippen LogP contribution in [0, 0.1) is 11.3 Å². The fraction of sp³-hybridized carbons (Fsp3) is 0.188. The number of hydrogen-bond donors (Lipinski definition) is 0. The number of nitrogens with zero attached hydrogens (tertiary/aromatic N) is 2. The summed E-state index contributed by atoms with van der Waals surface area (Å²) in [6, 6.07) is 17.7. The molecule has 0 N–H and O–H groups in total. The van der Waals surface area contributed by atoms with E-state index in [-0.39, 0.29) is 0 Å². The molecule has 19 heavy (non-hydrogen) atoms. The predicted molar refractivity (Wildman–Crippen MR) is 76.3 cm³/mol. The fourth-order valence-corrected chi connectivity index (χ4v) is 1.89. The molecular formula is C16H16N2O. The Morgan fingerprint density at radius 1 is 1.05 bits per heavy atom. The third-order valence-electron chi connectivity index (χ3n) is 3.02. The van der Waals surface area contributed by atoms with Crippen molar-refractivity contribution in [3.63, 3.8) is 0 Å². The molecule has 0 fully saturated rings. The fourth-order valence-electron chi connectivity index (χ4n) is 1.89. The zero-order valence-corrected chi connectivity index (χ0v) is 11.1. The summed E-state index contributed by atoms with van der Waals surface area (Å²) in [4.78, 5) is 2.15. The van der Waals surface area contributed by atoms with Gasteiger partial charge in [-0.3, -0.25) is 0 Å². The first-order valence-electron chi connectivity index (χ1n) is 6.07. The lowest BCUT2D eigenvalue weighted by Crippen LogP contribution is -2.16. The quantitative estimate of drug-likeness (QED) is 0.838. The average molecular weight is 252 g/mol. The van der Waals surface area contributed by atoms with E-state index in [2.05, 4.69) is 11.0 Å². The zero-order chi connectivity index (χ0) is 13.7. The molecule has 0 radical (unpaired) electrons. The van der Waals surface area contributed by atoms with Crippen molar-refractivity contribution < 1.29 is 4.74 Å². The minimum absolute atomic E-state index is 0.691. The van der Waals surface area contributed by atoms with E-state index in [4.69, 9.17) is 10.00 Å². The summed E-state index contributed by atoms with van der Waals surface area (Å²) >= 11 is 0. The maximum Gasteiger partial charge on any atom is 0.119 e. The molecule has 3 heteroatoms.